The van der Waals surface area contributed by atoms with Crippen LogP contribution in [-0.2, 0) is 14.3 Å². The number of hydrogen-bond acceptors (Lipinski definition) is 3. The maximum absolute atomic E-state index is 13.1. The molecular weight excluding hydrogens is 460 g/mol. The Morgan fingerprint density at radius 2 is 1.03 bits per heavy atom. The van der Waals surface area contributed by atoms with Crippen molar-refractivity contribution in [1.29, 1.82) is 0 Å². The quantitative estimate of drug-likeness (QED) is 0.425. The third-order valence-corrected chi connectivity index (χ3v) is 3.03. The molecule has 0 bridgehead atoms. The van der Waals surface area contributed by atoms with Gasteiger partial charge in [0.2, 0.25) is 0 Å². The fraction of sp³-hybridized carbons (Fsp3) is 0.818. The van der Waals surface area contributed by atoms with Crippen molar-refractivity contribution in [2.24, 2.45) is 0 Å². The number of halogens is 14. The van der Waals surface area contributed by atoms with Crippen molar-refractivity contribution >= 4 is 11.9 Å². The molecule has 0 radical (unpaired) electrons. The minimum Gasteiger partial charge on any atom is -0.459 e. The molecule has 0 heterocycles. The van der Waals surface area contributed by atoms with Gasteiger partial charge in [0.05, 0.1) is 6.54 Å². The van der Waals surface area contributed by atoms with Crippen LogP contribution in [0, 0.1) is 0 Å². The second-order valence-corrected chi connectivity index (χ2v) is 5.16. The van der Waals surface area contributed by atoms with Crippen molar-refractivity contribution in [3.8, 4) is 0 Å². The third-order valence-electron chi connectivity index (χ3n) is 3.03. The molecule has 0 N–H and O–H groups in total. The molecule has 0 spiro atoms. The van der Waals surface area contributed by atoms with Gasteiger partial charge in [-0.3, -0.25) is 4.79 Å². The lowest BCUT2D eigenvalue weighted by Gasteiger charge is -2.30. The van der Waals surface area contributed by atoms with Gasteiger partial charge in [-0.25, -0.2) is 4.79 Å². The summed E-state index contributed by atoms with van der Waals surface area (Å²) >= 11 is 0. The smallest absolute Gasteiger partial charge is 0.459 e. The third kappa shape index (κ3) is 4.76. The van der Waals surface area contributed by atoms with Crippen molar-refractivity contribution in [3.05, 3.63) is 0 Å². The first-order chi connectivity index (χ1) is 12.5. The average Bonchev–Trinajstić information content (AvgIpc) is 2.50. The lowest BCUT2D eigenvalue weighted by molar-refractivity contribution is -0.348. The maximum atomic E-state index is 13.1. The molecule has 0 saturated heterocycles. The number of alkyl halides is 14. The summed E-state index contributed by atoms with van der Waals surface area (Å²) in [6, 6.07) is 0. The van der Waals surface area contributed by atoms with Gasteiger partial charge in [-0.05, 0) is 0 Å². The van der Waals surface area contributed by atoms with E-state index < -0.39 is 66.0 Å². The highest BCUT2D eigenvalue weighted by Crippen LogP contribution is 2.48. The van der Waals surface area contributed by atoms with Gasteiger partial charge in [-0.1, -0.05) is 0 Å². The van der Waals surface area contributed by atoms with Crippen LogP contribution in [-0.4, -0.2) is 73.0 Å². The van der Waals surface area contributed by atoms with Gasteiger partial charge in [0.25, 0.3) is 5.91 Å². The Labute approximate surface area is 150 Å². The number of carbonyl (C=O) groups excluding carboxylic acids is 2. The van der Waals surface area contributed by atoms with Crippen LogP contribution in [0.1, 0.15) is 0 Å². The molecule has 29 heavy (non-hydrogen) atoms. The predicted molar refractivity (Wildman–Crippen MR) is 60.5 cm³/mol. The van der Waals surface area contributed by atoms with E-state index in [0.29, 0.717) is 0 Å². The summed E-state index contributed by atoms with van der Waals surface area (Å²) in [5.41, 5.74) is 0. The van der Waals surface area contributed by atoms with Gasteiger partial charge in [-0.2, -0.15) is 61.5 Å². The molecule has 0 aliphatic carbocycles. The molecule has 0 aromatic rings. The lowest BCUT2D eigenvalue weighted by atomic mass is 10.1. The summed E-state index contributed by atoms with van der Waals surface area (Å²) in [4.78, 5) is 21.1. The van der Waals surface area contributed by atoms with Crippen molar-refractivity contribution in [1.82, 2.24) is 4.90 Å². The molecule has 0 saturated carbocycles. The number of nitrogens with zero attached hydrogens (tertiary/aromatic N) is 1. The van der Waals surface area contributed by atoms with Gasteiger partial charge >= 0.3 is 42.0 Å². The Kier molecular flexibility index (Phi) is 7.12. The Bertz CT molecular complexity index is 623. The number of amides is 1. The van der Waals surface area contributed by atoms with Crippen molar-refractivity contribution in [3.63, 3.8) is 0 Å². The summed E-state index contributed by atoms with van der Waals surface area (Å²) < 4.78 is 177. The molecule has 0 aromatic heterocycles. The normalized spacial score (nSPS) is 14.6. The van der Waals surface area contributed by atoms with E-state index in [0.717, 1.165) is 0 Å². The molecule has 0 rings (SSSR count). The zero-order chi connectivity index (χ0) is 23.9. The van der Waals surface area contributed by atoms with E-state index in [1.165, 1.54) is 0 Å². The molecule has 1 amide bonds. The average molecular weight is 467 g/mol. The van der Waals surface area contributed by atoms with Crippen molar-refractivity contribution in [2.75, 3.05) is 20.2 Å². The predicted octanol–water partition coefficient (Wildman–Crippen LogP) is 3.65. The molecule has 0 aliphatic heterocycles. The van der Waals surface area contributed by atoms with Crippen LogP contribution >= 0.6 is 0 Å². The zero-order valence-electron chi connectivity index (χ0n) is 13.4. The largest absolute Gasteiger partial charge is 0.460 e. The number of rotatable bonds is 7. The van der Waals surface area contributed by atoms with E-state index in [4.69, 9.17) is 0 Å². The van der Waals surface area contributed by atoms with Gasteiger partial charge < -0.3 is 9.64 Å². The number of carbonyl (C=O) groups is 2. The molecule has 0 aliphatic rings. The lowest BCUT2D eigenvalue weighted by Crippen LogP contribution is -2.60. The van der Waals surface area contributed by atoms with Gasteiger partial charge in [-0.15, -0.1) is 0 Å². The first-order valence-corrected chi connectivity index (χ1v) is 6.53. The number of esters is 1. The van der Waals surface area contributed by atoms with Gasteiger partial charge in [0.1, 0.15) is 6.61 Å². The fourth-order valence-electron chi connectivity index (χ4n) is 1.33. The highest BCUT2D eigenvalue weighted by Gasteiger charge is 2.78. The molecule has 172 valence electrons. The minimum absolute atomic E-state index is 0.0962. The topological polar surface area (TPSA) is 46.6 Å². The van der Waals surface area contributed by atoms with Crippen LogP contribution in [0.4, 0.5) is 61.5 Å². The van der Waals surface area contributed by atoms with Crippen LogP contribution in [0.15, 0.2) is 0 Å². The van der Waals surface area contributed by atoms with E-state index >= 15 is 0 Å². The highest BCUT2D eigenvalue weighted by molar-refractivity contribution is 5.84. The van der Waals surface area contributed by atoms with Crippen LogP contribution in [0.25, 0.3) is 0 Å². The monoisotopic (exact) mass is 467 g/mol. The molecule has 4 nitrogen and oxygen atoms in total. The van der Waals surface area contributed by atoms with E-state index in [9.17, 15) is 71.1 Å². The second kappa shape index (κ2) is 7.66. The fourth-order valence-corrected chi connectivity index (χ4v) is 1.33. The summed E-state index contributed by atoms with van der Waals surface area (Å²) in [5, 5.41) is 0. The van der Waals surface area contributed by atoms with Crippen LogP contribution < -0.4 is 0 Å². The standard InChI is InChI=1S/C11H7F14NO3/c1-26(4(27)6(12,13)8(16,17)10(20,21)22)2-3-29-5(28)7(14,15)9(18,19)11(23,24)25/h2-3H2,1H3. The molecule has 0 unspecified atom stereocenters. The Balaban J connectivity index is 5.16. The Morgan fingerprint density at radius 1 is 0.690 bits per heavy atom. The van der Waals surface area contributed by atoms with E-state index in [1.807, 2.05) is 0 Å². The zero-order valence-corrected chi connectivity index (χ0v) is 13.4. The molecular formula is C11H7F14NO3. The van der Waals surface area contributed by atoms with Crippen LogP contribution in [0.5, 0.6) is 0 Å². The molecule has 0 fully saturated rings. The molecule has 18 heteroatoms. The summed E-state index contributed by atoms with van der Waals surface area (Å²) in [6.45, 7) is -3.49. The van der Waals surface area contributed by atoms with Crippen LogP contribution in [0.2, 0.25) is 0 Å². The first-order valence-electron chi connectivity index (χ1n) is 6.53. The van der Waals surface area contributed by atoms with Crippen LogP contribution in [0.3, 0.4) is 0 Å². The van der Waals surface area contributed by atoms with Gasteiger partial charge in [0, 0.05) is 7.05 Å². The SMILES string of the molecule is CN(CCOC(=O)C(F)(F)C(F)(F)C(F)(F)F)C(=O)C(F)(F)C(F)(F)C(F)(F)F. The van der Waals surface area contributed by atoms with E-state index in [2.05, 4.69) is 4.74 Å². The van der Waals surface area contributed by atoms with Crippen molar-refractivity contribution < 1.29 is 75.8 Å². The maximum Gasteiger partial charge on any atom is 0.460 e. The Morgan fingerprint density at radius 3 is 1.38 bits per heavy atom. The number of hydrogen-bond donors (Lipinski definition) is 0. The Hall–Kier alpha value is -2.04. The van der Waals surface area contributed by atoms with E-state index in [-0.39, 0.29) is 7.05 Å². The summed E-state index contributed by atoms with van der Waals surface area (Å²) in [7, 11) is 0.0962. The van der Waals surface area contributed by atoms with E-state index in [1.54, 1.807) is 0 Å². The number of likely N-dealkylation sites (N-methyl/N-ethyl adjacent to an activating group) is 1. The molecule has 0 atom stereocenters. The number of ether oxygens (including phenoxy) is 1. The van der Waals surface area contributed by atoms with Gasteiger partial charge in [0.15, 0.2) is 0 Å². The second-order valence-electron chi connectivity index (χ2n) is 5.16. The minimum atomic E-state index is -6.93. The molecule has 0 aromatic carbocycles. The summed E-state index contributed by atoms with van der Waals surface area (Å²) in [6.07, 6.45) is -13.8. The van der Waals surface area contributed by atoms with Crippen molar-refractivity contribution in [2.45, 2.75) is 36.0 Å². The summed E-state index contributed by atoms with van der Waals surface area (Å²) in [5.74, 6) is -33.5. The first kappa shape index (κ1) is 27.0. The highest BCUT2D eigenvalue weighted by atomic mass is 19.4.